The average molecular weight is 469 g/mol. The van der Waals surface area contributed by atoms with Crippen molar-refractivity contribution in [1.29, 1.82) is 0 Å². The Morgan fingerprint density at radius 3 is 2.36 bits per heavy atom. The lowest BCUT2D eigenvalue weighted by atomic mass is 10.2. The Hall–Kier alpha value is -2.58. The molecule has 0 saturated carbocycles. The van der Waals surface area contributed by atoms with Crippen molar-refractivity contribution in [3.8, 4) is 11.5 Å². The van der Waals surface area contributed by atoms with Crippen LogP contribution in [0, 0.1) is 0 Å². The van der Waals surface area contributed by atoms with E-state index in [1.54, 1.807) is 43.5 Å². The minimum atomic E-state index is -0.381. The average Bonchev–Trinajstić information content (AvgIpc) is 2.68. The van der Waals surface area contributed by atoms with Gasteiger partial charge in [0.2, 0.25) is 11.8 Å². The smallest absolute Gasteiger partial charge is 0.240 e. The van der Waals surface area contributed by atoms with Gasteiger partial charge >= 0.3 is 0 Å². The molecule has 0 fully saturated rings. The van der Waals surface area contributed by atoms with E-state index in [1.165, 1.54) is 13.3 Å². The van der Waals surface area contributed by atoms with Gasteiger partial charge < -0.3 is 14.8 Å². The van der Waals surface area contributed by atoms with Crippen LogP contribution in [0.1, 0.15) is 18.4 Å². The molecule has 0 unspecified atom stereocenters. The first kappa shape index (κ1) is 21.7. The number of nitrogens with one attached hydrogen (secondary N) is 2. The van der Waals surface area contributed by atoms with Crippen molar-refractivity contribution in [2.24, 2.45) is 5.10 Å². The SMILES string of the molecule is COc1cc(OC)c(/C=N/NC(=O)CCC(=O)Nc2ccc(Cl)cc2)cc1Br. The van der Waals surface area contributed by atoms with Crippen molar-refractivity contribution in [2.75, 3.05) is 19.5 Å². The molecule has 0 atom stereocenters. The second-order valence-electron chi connectivity index (χ2n) is 5.58. The molecule has 2 aromatic rings. The normalized spacial score (nSPS) is 10.6. The van der Waals surface area contributed by atoms with Crippen LogP contribution in [0.5, 0.6) is 11.5 Å². The van der Waals surface area contributed by atoms with E-state index in [9.17, 15) is 9.59 Å². The highest BCUT2D eigenvalue weighted by Crippen LogP contribution is 2.31. The van der Waals surface area contributed by atoms with Gasteiger partial charge in [0, 0.05) is 35.2 Å². The van der Waals surface area contributed by atoms with Gasteiger partial charge in [-0.05, 0) is 46.3 Å². The molecule has 0 heterocycles. The number of carbonyl (C=O) groups excluding carboxylic acids is 2. The first-order valence-corrected chi connectivity index (χ1v) is 9.39. The third kappa shape index (κ3) is 6.54. The van der Waals surface area contributed by atoms with E-state index in [-0.39, 0.29) is 24.7 Å². The number of methoxy groups -OCH3 is 2. The molecule has 0 bridgehead atoms. The molecule has 2 aromatic carbocycles. The number of nitrogens with zero attached hydrogens (tertiary/aromatic N) is 1. The molecular weight excluding hydrogens is 450 g/mol. The molecule has 2 amide bonds. The standard InChI is InChI=1S/C19H19BrClN3O4/c1-27-16-10-17(28-2)15(20)9-12(16)11-22-24-19(26)8-7-18(25)23-14-5-3-13(21)4-6-14/h3-6,9-11H,7-8H2,1-2H3,(H,23,25)(H,24,26)/b22-11+. The van der Waals surface area contributed by atoms with Gasteiger partial charge in [0.25, 0.3) is 0 Å². The summed E-state index contributed by atoms with van der Waals surface area (Å²) in [5, 5.41) is 7.17. The fraction of sp³-hybridized carbons (Fsp3) is 0.211. The van der Waals surface area contributed by atoms with Gasteiger partial charge in [-0.1, -0.05) is 11.6 Å². The maximum atomic E-state index is 11.9. The number of hydrazone groups is 1. The molecule has 0 aliphatic rings. The number of carbonyl (C=O) groups is 2. The van der Waals surface area contributed by atoms with Gasteiger partial charge in [-0.15, -0.1) is 0 Å². The zero-order valence-electron chi connectivity index (χ0n) is 15.3. The Morgan fingerprint density at radius 1 is 1.07 bits per heavy atom. The van der Waals surface area contributed by atoms with Crippen LogP contribution in [0.3, 0.4) is 0 Å². The Kier molecular flexibility index (Phi) is 8.28. The molecule has 7 nitrogen and oxygen atoms in total. The van der Waals surface area contributed by atoms with Crippen molar-refractivity contribution in [3.63, 3.8) is 0 Å². The van der Waals surface area contributed by atoms with Crippen molar-refractivity contribution < 1.29 is 19.1 Å². The largest absolute Gasteiger partial charge is 0.496 e. The second kappa shape index (κ2) is 10.7. The predicted molar refractivity (Wildman–Crippen MR) is 112 cm³/mol. The minimum absolute atomic E-state index is 0.000203. The summed E-state index contributed by atoms with van der Waals surface area (Å²) in [6, 6.07) is 10.2. The highest BCUT2D eigenvalue weighted by Gasteiger charge is 2.09. The molecule has 2 N–H and O–H groups in total. The molecule has 0 aliphatic carbocycles. The van der Waals surface area contributed by atoms with E-state index >= 15 is 0 Å². The number of anilines is 1. The molecule has 0 aromatic heterocycles. The van der Waals surface area contributed by atoms with Gasteiger partial charge in [0.15, 0.2) is 0 Å². The second-order valence-corrected chi connectivity index (χ2v) is 6.87. The molecule has 0 aliphatic heterocycles. The number of amides is 2. The first-order valence-electron chi connectivity index (χ1n) is 8.21. The minimum Gasteiger partial charge on any atom is -0.496 e. The molecule has 9 heteroatoms. The van der Waals surface area contributed by atoms with Gasteiger partial charge in [0.05, 0.1) is 24.9 Å². The molecule has 28 heavy (non-hydrogen) atoms. The highest BCUT2D eigenvalue weighted by atomic mass is 79.9. The van der Waals surface area contributed by atoms with Crippen molar-refractivity contribution >= 4 is 51.2 Å². The maximum absolute atomic E-state index is 11.9. The number of hydrogen-bond acceptors (Lipinski definition) is 5. The summed E-state index contributed by atoms with van der Waals surface area (Å²) in [7, 11) is 3.08. The van der Waals surface area contributed by atoms with Crippen LogP contribution in [-0.4, -0.2) is 32.2 Å². The quantitative estimate of drug-likeness (QED) is 0.453. The lowest BCUT2D eigenvalue weighted by molar-refractivity contribution is -0.124. The number of halogens is 2. The fourth-order valence-electron chi connectivity index (χ4n) is 2.20. The van der Waals surface area contributed by atoms with E-state index in [2.05, 4.69) is 31.8 Å². The third-order valence-electron chi connectivity index (χ3n) is 3.60. The van der Waals surface area contributed by atoms with Crippen molar-refractivity contribution in [2.45, 2.75) is 12.8 Å². The van der Waals surface area contributed by atoms with E-state index in [1.807, 2.05) is 0 Å². The molecule has 0 saturated heterocycles. The molecular formula is C19H19BrClN3O4. The van der Waals surface area contributed by atoms with Crippen LogP contribution in [0.15, 0.2) is 46.0 Å². The molecule has 2 rings (SSSR count). The number of benzene rings is 2. The van der Waals surface area contributed by atoms with Crippen LogP contribution >= 0.6 is 27.5 Å². The summed E-state index contributed by atoms with van der Waals surface area (Å²) in [6.45, 7) is 0. The molecule has 0 spiro atoms. The van der Waals surface area contributed by atoms with Crippen LogP contribution in [0.4, 0.5) is 5.69 Å². The Bertz CT molecular complexity index is 872. The predicted octanol–water partition coefficient (Wildman–Crippen LogP) is 3.99. The monoisotopic (exact) mass is 467 g/mol. The van der Waals surface area contributed by atoms with Gasteiger partial charge in [-0.25, -0.2) is 5.43 Å². The summed E-state index contributed by atoms with van der Waals surface area (Å²) in [6.07, 6.45) is 1.48. The topological polar surface area (TPSA) is 89.0 Å². The van der Waals surface area contributed by atoms with E-state index in [0.717, 1.165) is 4.47 Å². The summed E-state index contributed by atoms with van der Waals surface area (Å²) < 4.78 is 11.2. The van der Waals surface area contributed by atoms with Gasteiger partial charge in [-0.2, -0.15) is 5.10 Å². The van der Waals surface area contributed by atoms with E-state index < -0.39 is 0 Å². The number of rotatable bonds is 8. The van der Waals surface area contributed by atoms with Crippen LogP contribution in [0.2, 0.25) is 5.02 Å². The summed E-state index contributed by atoms with van der Waals surface area (Å²) >= 11 is 9.17. The first-order chi connectivity index (χ1) is 13.4. The van der Waals surface area contributed by atoms with E-state index in [4.69, 9.17) is 21.1 Å². The Labute approximate surface area is 176 Å². The summed E-state index contributed by atoms with van der Waals surface area (Å²) in [4.78, 5) is 23.8. The lowest BCUT2D eigenvalue weighted by Gasteiger charge is -2.09. The zero-order valence-corrected chi connectivity index (χ0v) is 17.6. The van der Waals surface area contributed by atoms with Crippen LogP contribution in [-0.2, 0) is 9.59 Å². The molecule has 148 valence electrons. The zero-order chi connectivity index (χ0) is 20.5. The Balaban J connectivity index is 1.84. The number of ether oxygens (including phenoxy) is 2. The van der Waals surface area contributed by atoms with Gasteiger partial charge in [-0.3, -0.25) is 9.59 Å². The highest BCUT2D eigenvalue weighted by molar-refractivity contribution is 9.10. The Morgan fingerprint density at radius 2 is 1.71 bits per heavy atom. The number of hydrogen-bond donors (Lipinski definition) is 2. The van der Waals surface area contributed by atoms with Crippen LogP contribution < -0.4 is 20.2 Å². The lowest BCUT2D eigenvalue weighted by Crippen LogP contribution is -2.20. The maximum Gasteiger partial charge on any atom is 0.240 e. The summed E-state index contributed by atoms with van der Waals surface area (Å²) in [5.41, 5.74) is 3.65. The van der Waals surface area contributed by atoms with Crippen molar-refractivity contribution in [3.05, 3.63) is 51.5 Å². The fourth-order valence-corrected chi connectivity index (χ4v) is 2.85. The summed E-state index contributed by atoms with van der Waals surface area (Å²) in [5.74, 6) is 0.501. The third-order valence-corrected chi connectivity index (χ3v) is 4.48. The molecule has 0 radical (unpaired) electrons. The van der Waals surface area contributed by atoms with Gasteiger partial charge in [0.1, 0.15) is 11.5 Å². The van der Waals surface area contributed by atoms with E-state index in [0.29, 0.717) is 27.8 Å². The van der Waals surface area contributed by atoms with Crippen LogP contribution in [0.25, 0.3) is 0 Å². The van der Waals surface area contributed by atoms with Crippen molar-refractivity contribution in [1.82, 2.24) is 5.43 Å².